The van der Waals surface area contributed by atoms with Crippen LogP contribution in [0.4, 0.5) is 5.95 Å². The predicted octanol–water partition coefficient (Wildman–Crippen LogP) is -2.26. The molecular weight excluding hydrogens is 294 g/mol. The molecule has 4 rings (SSSR count). The smallest absolute Gasteiger partial charge is 0.349 e. The van der Waals surface area contributed by atoms with Gasteiger partial charge in [-0.3, -0.25) is 19.6 Å². The molecule has 5 N–H and O–H groups in total. The zero-order chi connectivity index (χ0) is 15.4. The third-order valence-electron chi connectivity index (χ3n) is 3.09. The molecule has 0 unspecified atom stereocenters. The fourth-order valence-electron chi connectivity index (χ4n) is 2.16. The third-order valence-corrected chi connectivity index (χ3v) is 3.09. The van der Waals surface area contributed by atoms with Gasteiger partial charge in [0.15, 0.2) is 22.3 Å². The zero-order valence-electron chi connectivity index (χ0n) is 10.7. The van der Waals surface area contributed by atoms with Gasteiger partial charge in [0.05, 0.1) is 6.33 Å². The molecule has 0 saturated heterocycles. The van der Waals surface area contributed by atoms with Gasteiger partial charge in [0.25, 0.3) is 5.56 Å². The largest absolute Gasteiger partial charge is 0.369 e. The van der Waals surface area contributed by atoms with Crippen LogP contribution in [0.2, 0.25) is 0 Å². The molecule has 4 heterocycles. The quantitative estimate of drug-likeness (QED) is 0.307. The van der Waals surface area contributed by atoms with Crippen LogP contribution in [0.3, 0.4) is 0 Å². The highest BCUT2D eigenvalue weighted by Crippen LogP contribution is 2.05. The third kappa shape index (κ3) is 1.45. The number of nitrogens with one attached hydrogen (secondary N) is 3. The number of aromatic nitrogens is 8. The van der Waals surface area contributed by atoms with E-state index >= 15 is 0 Å². The number of fused-ring (bicyclic) bond motifs is 2. The van der Waals surface area contributed by atoms with Crippen molar-refractivity contribution < 1.29 is 0 Å². The molecule has 12 nitrogen and oxygen atoms in total. The first-order valence-electron chi connectivity index (χ1n) is 5.98. The standard InChI is InChI=1S/C10H7N9O3/c11-9-16-6-4(7(20)17-9)14-2-18(6)19-8(21)3-5(13-1-12-3)15-10(19)22/h1-2H,(H,12,13)(H,15,22)(H3,11,16,17,20). The minimum atomic E-state index is -0.760. The Morgan fingerprint density at radius 1 is 1.14 bits per heavy atom. The molecule has 4 aromatic heterocycles. The minimum Gasteiger partial charge on any atom is -0.369 e. The van der Waals surface area contributed by atoms with E-state index in [0.717, 1.165) is 15.7 Å². The second-order valence-corrected chi connectivity index (χ2v) is 4.39. The number of rotatable bonds is 1. The fourth-order valence-corrected chi connectivity index (χ4v) is 2.16. The lowest BCUT2D eigenvalue weighted by Gasteiger charge is -2.05. The van der Waals surface area contributed by atoms with Crippen LogP contribution in [0.5, 0.6) is 0 Å². The summed E-state index contributed by atoms with van der Waals surface area (Å²) in [7, 11) is 0. The number of nitrogens with two attached hydrogens (primary N) is 1. The molecule has 0 radical (unpaired) electrons. The van der Waals surface area contributed by atoms with E-state index in [2.05, 4.69) is 29.9 Å². The minimum absolute atomic E-state index is 0.0206. The molecule has 22 heavy (non-hydrogen) atoms. The van der Waals surface area contributed by atoms with E-state index in [4.69, 9.17) is 5.73 Å². The molecule has 0 aliphatic carbocycles. The van der Waals surface area contributed by atoms with Gasteiger partial charge < -0.3 is 10.7 Å². The van der Waals surface area contributed by atoms with Crippen molar-refractivity contribution in [1.82, 2.24) is 39.3 Å². The van der Waals surface area contributed by atoms with E-state index in [1.165, 1.54) is 6.33 Å². The maximum absolute atomic E-state index is 12.4. The van der Waals surface area contributed by atoms with Gasteiger partial charge in [-0.2, -0.15) is 9.66 Å². The highest BCUT2D eigenvalue weighted by atomic mass is 16.2. The average Bonchev–Trinajstić information content (AvgIpc) is 3.06. The summed E-state index contributed by atoms with van der Waals surface area (Å²) in [5.74, 6) is -0.161. The SMILES string of the molecule is Nc1nc2c(ncn2-n2c(=O)[nH]c3nc[nH]c3c2=O)c(=O)[nH]1. The van der Waals surface area contributed by atoms with Gasteiger partial charge in [0.1, 0.15) is 6.33 Å². The molecule has 0 saturated carbocycles. The van der Waals surface area contributed by atoms with Crippen molar-refractivity contribution in [3.05, 3.63) is 43.8 Å². The number of imidazole rings is 2. The van der Waals surface area contributed by atoms with E-state index in [1.807, 2.05) is 0 Å². The van der Waals surface area contributed by atoms with Crippen LogP contribution in [0.15, 0.2) is 27.0 Å². The summed E-state index contributed by atoms with van der Waals surface area (Å²) in [6, 6.07) is 0. The molecular formula is C10H7N9O3. The first kappa shape index (κ1) is 12.1. The Kier molecular flexibility index (Phi) is 2.14. The Bertz CT molecular complexity index is 1200. The zero-order valence-corrected chi connectivity index (χ0v) is 10.7. The average molecular weight is 301 g/mol. The van der Waals surface area contributed by atoms with Crippen LogP contribution in [0.1, 0.15) is 0 Å². The summed E-state index contributed by atoms with van der Waals surface area (Å²) in [5.41, 5.74) is 3.63. The number of hydrogen-bond donors (Lipinski definition) is 4. The molecule has 12 heteroatoms. The Labute approximate surface area is 118 Å². The van der Waals surface area contributed by atoms with Crippen molar-refractivity contribution in [3.63, 3.8) is 0 Å². The van der Waals surface area contributed by atoms with E-state index in [9.17, 15) is 14.4 Å². The Morgan fingerprint density at radius 2 is 1.95 bits per heavy atom. The van der Waals surface area contributed by atoms with Crippen LogP contribution in [-0.2, 0) is 0 Å². The van der Waals surface area contributed by atoms with Crippen LogP contribution >= 0.6 is 0 Å². The van der Waals surface area contributed by atoms with Gasteiger partial charge in [-0.15, -0.1) is 0 Å². The number of anilines is 1. The van der Waals surface area contributed by atoms with Gasteiger partial charge in [-0.1, -0.05) is 0 Å². The molecule has 110 valence electrons. The lowest BCUT2D eigenvalue weighted by molar-refractivity contribution is 0.608. The van der Waals surface area contributed by atoms with E-state index in [1.54, 1.807) is 0 Å². The van der Waals surface area contributed by atoms with Gasteiger partial charge in [-0.25, -0.2) is 19.4 Å². The molecule has 0 amide bonds. The Hall–Kier alpha value is -3.70. The molecule has 0 atom stereocenters. The van der Waals surface area contributed by atoms with Crippen LogP contribution < -0.4 is 22.5 Å². The molecule has 4 aromatic rings. The lowest BCUT2D eigenvalue weighted by atomic mass is 10.5. The van der Waals surface area contributed by atoms with E-state index < -0.39 is 16.8 Å². The Balaban J connectivity index is 2.19. The summed E-state index contributed by atoms with van der Waals surface area (Å²) in [4.78, 5) is 55.2. The number of nitrogen functional groups attached to an aromatic ring is 1. The topological polar surface area (TPSA) is 173 Å². The van der Waals surface area contributed by atoms with Crippen LogP contribution in [-0.4, -0.2) is 39.3 Å². The van der Waals surface area contributed by atoms with Gasteiger partial charge >= 0.3 is 11.2 Å². The Morgan fingerprint density at radius 3 is 2.77 bits per heavy atom. The lowest BCUT2D eigenvalue weighted by Crippen LogP contribution is -2.39. The van der Waals surface area contributed by atoms with Crippen molar-refractivity contribution in [2.45, 2.75) is 0 Å². The number of nitrogens with zero attached hydrogens (tertiary/aromatic N) is 5. The van der Waals surface area contributed by atoms with Crippen molar-refractivity contribution >= 4 is 28.3 Å². The van der Waals surface area contributed by atoms with Gasteiger partial charge in [0.2, 0.25) is 5.95 Å². The summed E-state index contributed by atoms with van der Waals surface area (Å²) in [6.45, 7) is 0. The molecule has 0 bridgehead atoms. The molecule has 0 aromatic carbocycles. The normalized spacial score (nSPS) is 11.5. The van der Waals surface area contributed by atoms with Crippen LogP contribution in [0, 0.1) is 0 Å². The van der Waals surface area contributed by atoms with Crippen molar-refractivity contribution in [3.8, 4) is 0 Å². The fraction of sp³-hybridized carbons (Fsp3) is 0. The van der Waals surface area contributed by atoms with Crippen molar-refractivity contribution in [2.24, 2.45) is 0 Å². The number of aromatic amines is 3. The molecule has 0 aliphatic heterocycles. The highest BCUT2D eigenvalue weighted by Gasteiger charge is 2.16. The van der Waals surface area contributed by atoms with Gasteiger partial charge in [-0.05, 0) is 0 Å². The predicted molar refractivity (Wildman–Crippen MR) is 74.3 cm³/mol. The maximum atomic E-state index is 12.4. The monoisotopic (exact) mass is 301 g/mol. The number of hydrogen-bond acceptors (Lipinski definition) is 7. The number of H-pyrrole nitrogens is 3. The first-order valence-corrected chi connectivity index (χ1v) is 5.98. The van der Waals surface area contributed by atoms with E-state index in [-0.39, 0.29) is 28.3 Å². The summed E-state index contributed by atoms with van der Waals surface area (Å²) in [6.07, 6.45) is 2.41. The molecule has 0 aliphatic rings. The maximum Gasteiger partial charge on any atom is 0.349 e. The second-order valence-electron chi connectivity index (χ2n) is 4.39. The molecule has 0 fully saturated rings. The molecule has 0 spiro atoms. The highest BCUT2D eigenvalue weighted by molar-refractivity contribution is 5.71. The summed E-state index contributed by atoms with van der Waals surface area (Å²) < 4.78 is 1.78. The van der Waals surface area contributed by atoms with Gasteiger partial charge in [0, 0.05) is 0 Å². The van der Waals surface area contributed by atoms with Crippen molar-refractivity contribution in [2.75, 3.05) is 5.73 Å². The second kappa shape index (κ2) is 3.91. The summed E-state index contributed by atoms with van der Waals surface area (Å²) >= 11 is 0. The van der Waals surface area contributed by atoms with Crippen molar-refractivity contribution in [1.29, 1.82) is 0 Å². The van der Waals surface area contributed by atoms with Crippen LogP contribution in [0.25, 0.3) is 22.3 Å². The first-order chi connectivity index (χ1) is 10.6. The van der Waals surface area contributed by atoms with E-state index in [0.29, 0.717) is 0 Å². The summed E-state index contributed by atoms with van der Waals surface area (Å²) in [5, 5.41) is 0.